The number of hydrogen-bond acceptors (Lipinski definition) is 2. The molecule has 3 rings (SSSR count). The fourth-order valence-corrected chi connectivity index (χ4v) is 3.38. The number of rotatable bonds is 3. The molecule has 2 atom stereocenters. The van der Waals surface area contributed by atoms with Crippen LogP contribution in [-0.4, -0.2) is 24.0 Å². The van der Waals surface area contributed by atoms with E-state index in [1.807, 2.05) is 12.1 Å². The van der Waals surface area contributed by atoms with Crippen molar-refractivity contribution in [2.45, 2.75) is 31.8 Å². The maximum atomic E-state index is 13.0. The number of halogens is 1. The minimum atomic E-state index is -0.184. The Morgan fingerprint density at radius 2 is 1.91 bits per heavy atom. The van der Waals surface area contributed by atoms with Gasteiger partial charge in [0, 0.05) is 25.7 Å². The van der Waals surface area contributed by atoms with Crippen LogP contribution in [0.2, 0.25) is 0 Å². The molecule has 0 spiro atoms. The third-order valence-corrected chi connectivity index (χ3v) is 4.39. The lowest BCUT2D eigenvalue weighted by Gasteiger charge is -2.36. The lowest BCUT2D eigenvalue weighted by molar-refractivity contribution is 0.181. The summed E-state index contributed by atoms with van der Waals surface area (Å²) in [6.45, 7) is 4.87. The van der Waals surface area contributed by atoms with Crippen LogP contribution in [0.1, 0.15) is 29.0 Å². The van der Waals surface area contributed by atoms with E-state index in [1.165, 1.54) is 23.3 Å². The number of nitrogens with two attached hydrogens (primary N) is 1. The highest BCUT2D eigenvalue weighted by atomic mass is 19.1. The average Bonchev–Trinajstić information content (AvgIpc) is 2.49. The van der Waals surface area contributed by atoms with Crippen LogP contribution >= 0.6 is 0 Å². The van der Waals surface area contributed by atoms with Crippen LogP contribution in [0, 0.1) is 12.7 Å². The summed E-state index contributed by atoms with van der Waals surface area (Å²) in [7, 11) is 0. The summed E-state index contributed by atoms with van der Waals surface area (Å²) >= 11 is 0. The van der Waals surface area contributed by atoms with Gasteiger partial charge < -0.3 is 5.73 Å². The fraction of sp³-hybridized carbons (Fsp3) is 0.368. The summed E-state index contributed by atoms with van der Waals surface area (Å²) in [6.07, 6.45) is 1.03. The molecule has 2 unspecified atom stereocenters. The van der Waals surface area contributed by atoms with Gasteiger partial charge in [0.1, 0.15) is 5.82 Å². The molecule has 0 bridgehead atoms. The zero-order chi connectivity index (χ0) is 15.5. The zero-order valence-corrected chi connectivity index (χ0v) is 13.0. The van der Waals surface area contributed by atoms with Crippen molar-refractivity contribution in [1.29, 1.82) is 0 Å². The topological polar surface area (TPSA) is 29.3 Å². The molecule has 1 heterocycles. The van der Waals surface area contributed by atoms with Gasteiger partial charge in [-0.25, -0.2) is 4.39 Å². The molecule has 3 heteroatoms. The smallest absolute Gasteiger partial charge is 0.123 e. The van der Waals surface area contributed by atoms with Gasteiger partial charge in [0.05, 0.1) is 0 Å². The van der Waals surface area contributed by atoms with Crippen LogP contribution in [0.5, 0.6) is 0 Å². The number of piperidine rings is 1. The highest BCUT2D eigenvalue weighted by molar-refractivity contribution is 5.26. The van der Waals surface area contributed by atoms with Crippen molar-refractivity contribution in [2.24, 2.45) is 5.73 Å². The predicted octanol–water partition coefficient (Wildman–Crippen LogP) is 3.45. The second-order valence-electron chi connectivity index (χ2n) is 6.43. The highest BCUT2D eigenvalue weighted by Gasteiger charge is 2.26. The maximum absolute atomic E-state index is 13.0. The van der Waals surface area contributed by atoms with E-state index < -0.39 is 0 Å². The molecule has 22 heavy (non-hydrogen) atoms. The molecular weight excluding hydrogens is 275 g/mol. The maximum Gasteiger partial charge on any atom is 0.123 e. The van der Waals surface area contributed by atoms with E-state index in [4.69, 9.17) is 5.73 Å². The van der Waals surface area contributed by atoms with Crippen LogP contribution < -0.4 is 5.73 Å². The van der Waals surface area contributed by atoms with Crippen LogP contribution in [0.15, 0.2) is 48.5 Å². The normalized spacial score (nSPS) is 22.7. The Balaban J connectivity index is 1.72. The number of benzene rings is 2. The van der Waals surface area contributed by atoms with Gasteiger partial charge in [0.15, 0.2) is 0 Å². The summed E-state index contributed by atoms with van der Waals surface area (Å²) < 4.78 is 13.0. The van der Waals surface area contributed by atoms with Crippen LogP contribution in [0.4, 0.5) is 4.39 Å². The third kappa shape index (κ3) is 3.73. The quantitative estimate of drug-likeness (QED) is 0.940. The van der Waals surface area contributed by atoms with Crippen molar-refractivity contribution in [3.05, 3.63) is 71.0 Å². The van der Waals surface area contributed by atoms with Gasteiger partial charge in [0.25, 0.3) is 0 Å². The first-order chi connectivity index (χ1) is 10.6. The molecule has 1 aliphatic rings. The predicted molar refractivity (Wildman–Crippen MR) is 88.2 cm³/mol. The Labute approximate surface area is 131 Å². The van der Waals surface area contributed by atoms with E-state index in [0.29, 0.717) is 5.92 Å². The summed E-state index contributed by atoms with van der Waals surface area (Å²) in [5.74, 6) is 0.292. The Bertz CT molecular complexity index is 624. The first kappa shape index (κ1) is 15.2. The summed E-state index contributed by atoms with van der Waals surface area (Å²) in [5.41, 5.74) is 10.1. The van der Waals surface area contributed by atoms with E-state index in [-0.39, 0.29) is 11.9 Å². The van der Waals surface area contributed by atoms with E-state index in [2.05, 4.69) is 36.1 Å². The standard InChI is InChI=1S/C19H23FN2/c1-14-3-2-4-16(9-14)17-10-19(21)13-22(12-17)11-15-5-7-18(20)8-6-15/h2-9,17,19H,10-13,21H2,1H3. The lowest BCUT2D eigenvalue weighted by atomic mass is 9.87. The summed E-state index contributed by atoms with van der Waals surface area (Å²) in [6, 6.07) is 15.7. The van der Waals surface area contributed by atoms with Crippen molar-refractivity contribution in [1.82, 2.24) is 4.90 Å². The second-order valence-corrected chi connectivity index (χ2v) is 6.43. The zero-order valence-electron chi connectivity index (χ0n) is 13.0. The van der Waals surface area contributed by atoms with Crippen LogP contribution in [0.3, 0.4) is 0 Å². The van der Waals surface area contributed by atoms with Crippen LogP contribution in [0.25, 0.3) is 0 Å². The molecule has 0 aromatic heterocycles. The summed E-state index contributed by atoms with van der Waals surface area (Å²) in [5, 5.41) is 0. The molecule has 1 saturated heterocycles. The van der Waals surface area contributed by atoms with Gasteiger partial charge in [-0.05, 0) is 42.5 Å². The molecule has 2 aromatic carbocycles. The molecule has 0 saturated carbocycles. The molecular formula is C19H23FN2. The second kappa shape index (κ2) is 6.59. The molecule has 1 aliphatic heterocycles. The number of aryl methyl sites for hydroxylation is 1. The van der Waals surface area contributed by atoms with Gasteiger partial charge in [0.2, 0.25) is 0 Å². The van der Waals surface area contributed by atoms with Crippen molar-refractivity contribution in [3.8, 4) is 0 Å². The van der Waals surface area contributed by atoms with Crippen molar-refractivity contribution >= 4 is 0 Å². The fourth-order valence-electron chi connectivity index (χ4n) is 3.38. The van der Waals surface area contributed by atoms with Gasteiger partial charge in [-0.1, -0.05) is 42.0 Å². The molecule has 2 aromatic rings. The van der Waals surface area contributed by atoms with Crippen molar-refractivity contribution in [2.75, 3.05) is 13.1 Å². The Morgan fingerprint density at radius 1 is 1.14 bits per heavy atom. The molecule has 0 aliphatic carbocycles. The minimum absolute atomic E-state index is 0.184. The number of nitrogens with zero attached hydrogens (tertiary/aromatic N) is 1. The minimum Gasteiger partial charge on any atom is -0.327 e. The van der Waals surface area contributed by atoms with Crippen molar-refractivity contribution in [3.63, 3.8) is 0 Å². The molecule has 0 radical (unpaired) electrons. The molecule has 2 N–H and O–H groups in total. The lowest BCUT2D eigenvalue weighted by Crippen LogP contribution is -2.45. The van der Waals surface area contributed by atoms with Gasteiger partial charge in [-0.3, -0.25) is 4.90 Å². The van der Waals surface area contributed by atoms with Crippen molar-refractivity contribution < 1.29 is 4.39 Å². The summed E-state index contributed by atoms with van der Waals surface area (Å²) in [4.78, 5) is 2.38. The molecule has 116 valence electrons. The van der Waals surface area contributed by atoms with Crippen LogP contribution in [-0.2, 0) is 6.54 Å². The van der Waals surface area contributed by atoms with E-state index in [1.54, 1.807) is 0 Å². The molecule has 1 fully saturated rings. The van der Waals surface area contributed by atoms with E-state index >= 15 is 0 Å². The van der Waals surface area contributed by atoms with Gasteiger partial charge in [-0.15, -0.1) is 0 Å². The molecule has 0 amide bonds. The largest absolute Gasteiger partial charge is 0.327 e. The first-order valence-electron chi connectivity index (χ1n) is 7.89. The van der Waals surface area contributed by atoms with Gasteiger partial charge >= 0.3 is 0 Å². The number of hydrogen-bond donors (Lipinski definition) is 1. The third-order valence-electron chi connectivity index (χ3n) is 4.39. The number of likely N-dealkylation sites (tertiary alicyclic amines) is 1. The Kier molecular flexibility index (Phi) is 4.55. The first-order valence-corrected chi connectivity index (χ1v) is 7.89. The Morgan fingerprint density at radius 3 is 2.64 bits per heavy atom. The van der Waals surface area contributed by atoms with Gasteiger partial charge in [-0.2, -0.15) is 0 Å². The highest BCUT2D eigenvalue weighted by Crippen LogP contribution is 2.27. The van der Waals surface area contributed by atoms with E-state index in [9.17, 15) is 4.39 Å². The average molecular weight is 298 g/mol. The Hall–Kier alpha value is -1.71. The SMILES string of the molecule is Cc1cccc(C2CC(N)CN(Cc3ccc(F)cc3)C2)c1. The van der Waals surface area contributed by atoms with E-state index in [0.717, 1.165) is 31.6 Å². The monoisotopic (exact) mass is 298 g/mol. The molecule has 2 nitrogen and oxygen atoms in total.